The minimum absolute atomic E-state index is 0.0158. The van der Waals surface area contributed by atoms with Gasteiger partial charge < -0.3 is 5.32 Å². The van der Waals surface area contributed by atoms with Gasteiger partial charge in [-0.25, -0.2) is 4.39 Å². The van der Waals surface area contributed by atoms with Gasteiger partial charge in [-0.2, -0.15) is 0 Å². The van der Waals surface area contributed by atoms with E-state index in [0.717, 1.165) is 31.5 Å². The number of hydrogen-bond donors (Lipinski definition) is 1. The second kappa shape index (κ2) is 8.85. The zero-order valence-electron chi connectivity index (χ0n) is 14.4. The average Bonchev–Trinajstić information content (AvgIpc) is 2.63. The van der Waals surface area contributed by atoms with Crippen LogP contribution in [0.5, 0.6) is 0 Å². The molecule has 3 nitrogen and oxygen atoms in total. The van der Waals surface area contributed by atoms with Crippen LogP contribution >= 0.6 is 23.2 Å². The van der Waals surface area contributed by atoms with Crippen molar-refractivity contribution in [2.45, 2.75) is 25.9 Å². The summed E-state index contributed by atoms with van der Waals surface area (Å²) < 4.78 is 13.8. The van der Waals surface area contributed by atoms with E-state index in [0.29, 0.717) is 28.7 Å². The highest BCUT2D eigenvalue weighted by molar-refractivity contribution is 6.35. The molecule has 2 aromatic carbocycles. The lowest BCUT2D eigenvalue weighted by atomic mass is 9.95. The van der Waals surface area contributed by atoms with E-state index in [-0.39, 0.29) is 17.6 Å². The van der Waals surface area contributed by atoms with Gasteiger partial charge in [0.05, 0.1) is 0 Å². The number of carbonyl (C=O) groups excluding carboxylic acids is 1. The number of halogens is 3. The molecule has 1 aliphatic heterocycles. The van der Waals surface area contributed by atoms with E-state index < -0.39 is 0 Å². The molecule has 0 unspecified atom stereocenters. The maximum Gasteiger partial charge on any atom is 0.223 e. The Kier molecular flexibility index (Phi) is 6.52. The molecule has 1 N–H and O–H groups in total. The van der Waals surface area contributed by atoms with E-state index in [1.807, 2.05) is 18.2 Å². The van der Waals surface area contributed by atoms with Crippen LogP contribution < -0.4 is 5.32 Å². The van der Waals surface area contributed by atoms with Crippen LogP contribution in [0.15, 0.2) is 42.5 Å². The Labute approximate surface area is 163 Å². The number of nitrogens with zero attached hydrogens (tertiary/aromatic N) is 1. The summed E-state index contributed by atoms with van der Waals surface area (Å²) in [5.41, 5.74) is 1.55. The van der Waals surface area contributed by atoms with Crippen LogP contribution in [0.25, 0.3) is 0 Å². The summed E-state index contributed by atoms with van der Waals surface area (Å²) in [5.74, 6) is -0.147. The lowest BCUT2D eigenvalue weighted by Crippen LogP contribution is -2.40. The first-order chi connectivity index (χ1) is 12.5. The molecule has 1 amide bonds. The van der Waals surface area contributed by atoms with Gasteiger partial charge in [0.1, 0.15) is 5.82 Å². The first-order valence-electron chi connectivity index (χ1n) is 8.70. The lowest BCUT2D eigenvalue weighted by Gasteiger charge is -2.31. The number of amides is 1. The third-order valence-electron chi connectivity index (χ3n) is 4.78. The number of piperidine rings is 1. The van der Waals surface area contributed by atoms with Crippen LogP contribution in [0, 0.1) is 11.7 Å². The fourth-order valence-electron chi connectivity index (χ4n) is 3.21. The molecule has 6 heteroatoms. The third kappa shape index (κ3) is 4.97. The molecule has 1 fully saturated rings. The van der Waals surface area contributed by atoms with Gasteiger partial charge in [0.2, 0.25) is 5.91 Å². The van der Waals surface area contributed by atoms with Crippen molar-refractivity contribution in [2.75, 3.05) is 13.1 Å². The topological polar surface area (TPSA) is 32.3 Å². The normalized spacial score (nSPS) is 15.8. The highest BCUT2D eigenvalue weighted by Gasteiger charge is 2.25. The van der Waals surface area contributed by atoms with Gasteiger partial charge in [0, 0.05) is 34.6 Å². The number of likely N-dealkylation sites (tertiary alicyclic amines) is 1. The summed E-state index contributed by atoms with van der Waals surface area (Å²) >= 11 is 12.0. The molecule has 1 aliphatic rings. The second-order valence-electron chi connectivity index (χ2n) is 6.60. The Hall–Kier alpha value is -1.62. The Bertz CT molecular complexity index is 776. The van der Waals surface area contributed by atoms with Crippen molar-refractivity contribution < 1.29 is 9.18 Å². The Morgan fingerprint density at radius 1 is 1.12 bits per heavy atom. The SMILES string of the molecule is O=C(NCc1ccc(Cl)cc1Cl)C1CCN(Cc2ccccc2F)CC1. The molecule has 3 rings (SSSR count). The number of carbonyl (C=O) groups is 1. The molecular weight excluding hydrogens is 374 g/mol. The Morgan fingerprint density at radius 2 is 1.85 bits per heavy atom. The largest absolute Gasteiger partial charge is 0.352 e. The fourth-order valence-corrected chi connectivity index (χ4v) is 3.69. The fraction of sp³-hybridized carbons (Fsp3) is 0.350. The molecule has 1 heterocycles. The van der Waals surface area contributed by atoms with Crippen molar-refractivity contribution in [2.24, 2.45) is 5.92 Å². The molecule has 1 saturated heterocycles. The van der Waals surface area contributed by atoms with Crippen molar-refractivity contribution in [3.63, 3.8) is 0 Å². The van der Waals surface area contributed by atoms with Crippen molar-refractivity contribution in [3.05, 3.63) is 69.5 Å². The van der Waals surface area contributed by atoms with Crippen molar-refractivity contribution >= 4 is 29.1 Å². The summed E-state index contributed by atoms with van der Waals surface area (Å²) in [6, 6.07) is 12.1. The van der Waals surface area contributed by atoms with Gasteiger partial charge >= 0.3 is 0 Å². The van der Waals surface area contributed by atoms with Gasteiger partial charge in [-0.3, -0.25) is 9.69 Å². The second-order valence-corrected chi connectivity index (χ2v) is 7.44. The van der Waals surface area contributed by atoms with Crippen LogP contribution in [0.3, 0.4) is 0 Å². The Morgan fingerprint density at radius 3 is 2.54 bits per heavy atom. The molecule has 138 valence electrons. The summed E-state index contributed by atoms with van der Waals surface area (Å²) in [6.07, 6.45) is 1.54. The monoisotopic (exact) mass is 394 g/mol. The van der Waals surface area contributed by atoms with Crippen LogP contribution in [-0.2, 0) is 17.9 Å². The van der Waals surface area contributed by atoms with Gasteiger partial charge in [0.25, 0.3) is 0 Å². The van der Waals surface area contributed by atoms with Crippen LogP contribution in [0.2, 0.25) is 10.0 Å². The molecule has 0 atom stereocenters. The number of rotatable bonds is 5. The third-order valence-corrected chi connectivity index (χ3v) is 5.37. The average molecular weight is 395 g/mol. The summed E-state index contributed by atoms with van der Waals surface area (Å²) in [4.78, 5) is 14.6. The molecule has 26 heavy (non-hydrogen) atoms. The van der Waals surface area contributed by atoms with Crippen LogP contribution in [-0.4, -0.2) is 23.9 Å². The zero-order chi connectivity index (χ0) is 18.5. The minimum Gasteiger partial charge on any atom is -0.352 e. The number of benzene rings is 2. The number of hydrogen-bond acceptors (Lipinski definition) is 2. The predicted molar refractivity (Wildman–Crippen MR) is 103 cm³/mol. The van der Waals surface area contributed by atoms with Gasteiger partial charge in [-0.05, 0) is 49.7 Å². The quantitative estimate of drug-likeness (QED) is 0.799. The molecule has 0 saturated carbocycles. The van der Waals surface area contributed by atoms with Crippen LogP contribution in [0.4, 0.5) is 4.39 Å². The molecular formula is C20H21Cl2FN2O. The Balaban J connectivity index is 1.47. The van der Waals surface area contributed by atoms with Crippen molar-refractivity contribution in [3.8, 4) is 0 Å². The first-order valence-corrected chi connectivity index (χ1v) is 9.46. The minimum atomic E-state index is -0.174. The smallest absolute Gasteiger partial charge is 0.223 e. The van der Waals surface area contributed by atoms with Crippen molar-refractivity contribution in [1.82, 2.24) is 10.2 Å². The maximum absolute atomic E-state index is 13.8. The lowest BCUT2D eigenvalue weighted by molar-refractivity contribution is -0.126. The van der Waals surface area contributed by atoms with Gasteiger partial charge in [-0.1, -0.05) is 47.5 Å². The highest BCUT2D eigenvalue weighted by Crippen LogP contribution is 2.22. The van der Waals surface area contributed by atoms with E-state index in [2.05, 4.69) is 10.2 Å². The van der Waals surface area contributed by atoms with E-state index in [9.17, 15) is 9.18 Å². The molecule has 0 spiro atoms. The van der Waals surface area contributed by atoms with Crippen molar-refractivity contribution in [1.29, 1.82) is 0 Å². The summed E-state index contributed by atoms with van der Waals surface area (Å²) in [6.45, 7) is 2.55. The van der Waals surface area contributed by atoms with E-state index in [1.54, 1.807) is 18.2 Å². The van der Waals surface area contributed by atoms with Gasteiger partial charge in [0.15, 0.2) is 0 Å². The molecule has 0 aliphatic carbocycles. The molecule has 0 aromatic heterocycles. The van der Waals surface area contributed by atoms with E-state index >= 15 is 0 Å². The summed E-state index contributed by atoms with van der Waals surface area (Å²) in [7, 11) is 0. The molecule has 0 bridgehead atoms. The van der Waals surface area contributed by atoms with E-state index in [1.165, 1.54) is 6.07 Å². The number of nitrogens with one attached hydrogen (secondary N) is 1. The van der Waals surface area contributed by atoms with E-state index in [4.69, 9.17) is 23.2 Å². The predicted octanol–water partition coefficient (Wildman–Crippen LogP) is 4.66. The molecule has 0 radical (unpaired) electrons. The standard InChI is InChI=1S/C20H21Cl2FN2O/c21-17-6-5-15(18(22)11-17)12-24-20(26)14-7-9-25(10-8-14)13-16-3-1-2-4-19(16)23/h1-6,11,14H,7-10,12-13H2,(H,24,26). The highest BCUT2D eigenvalue weighted by atomic mass is 35.5. The van der Waals surface area contributed by atoms with Crippen LogP contribution in [0.1, 0.15) is 24.0 Å². The zero-order valence-corrected chi connectivity index (χ0v) is 15.9. The molecule has 2 aromatic rings. The summed E-state index contributed by atoms with van der Waals surface area (Å²) in [5, 5.41) is 4.09. The first kappa shape index (κ1) is 19.2. The maximum atomic E-state index is 13.8. The van der Waals surface area contributed by atoms with Gasteiger partial charge in [-0.15, -0.1) is 0 Å².